The molecule has 0 radical (unpaired) electrons. The van der Waals surface area contributed by atoms with Crippen LogP contribution >= 0.6 is 11.8 Å². The van der Waals surface area contributed by atoms with Crippen molar-refractivity contribution in [2.24, 2.45) is 5.73 Å². The molecule has 2 atom stereocenters. The number of methoxy groups -OCH3 is 1. The second kappa shape index (κ2) is 4.99. The van der Waals surface area contributed by atoms with Crippen LogP contribution in [0.4, 0.5) is 0 Å². The number of nitrogens with zero attached hydrogens (tertiary/aromatic N) is 1. The molecular formula is C6H10N2O2S. The second-order valence-corrected chi connectivity index (χ2v) is 2.94. The van der Waals surface area contributed by atoms with Crippen LogP contribution in [-0.2, 0) is 9.53 Å². The Bertz CT molecular complexity index is 176. The summed E-state index contributed by atoms with van der Waals surface area (Å²) in [5.41, 5.74) is 5.43. The summed E-state index contributed by atoms with van der Waals surface area (Å²) in [6.45, 7) is 1.66. The van der Waals surface area contributed by atoms with Crippen LogP contribution in [0, 0.1) is 10.7 Å². The molecule has 0 aliphatic carbocycles. The van der Waals surface area contributed by atoms with Crippen LogP contribution in [-0.4, -0.2) is 24.4 Å². The zero-order chi connectivity index (χ0) is 8.85. The van der Waals surface area contributed by atoms with Crippen molar-refractivity contribution >= 4 is 17.7 Å². The zero-order valence-corrected chi connectivity index (χ0v) is 7.22. The van der Waals surface area contributed by atoms with Gasteiger partial charge >= 0.3 is 5.97 Å². The first-order chi connectivity index (χ1) is 5.13. The fourth-order valence-electron chi connectivity index (χ4n) is 0.543. The van der Waals surface area contributed by atoms with Gasteiger partial charge < -0.3 is 10.5 Å². The Balaban J connectivity index is 4.12. The summed E-state index contributed by atoms with van der Waals surface area (Å²) in [7, 11) is 1.27. The number of ether oxygens (including phenoxy) is 1. The van der Waals surface area contributed by atoms with Crippen molar-refractivity contribution in [1.29, 1.82) is 5.26 Å². The van der Waals surface area contributed by atoms with Gasteiger partial charge in [0.05, 0.1) is 7.11 Å². The Morgan fingerprint density at radius 2 is 2.36 bits per heavy atom. The Kier molecular flexibility index (Phi) is 4.66. The molecule has 0 spiro atoms. The lowest BCUT2D eigenvalue weighted by Crippen LogP contribution is -2.36. The van der Waals surface area contributed by atoms with E-state index in [-0.39, 0.29) is 6.04 Å². The maximum atomic E-state index is 10.9. The third-order valence-electron chi connectivity index (χ3n) is 1.09. The molecule has 2 unspecified atom stereocenters. The van der Waals surface area contributed by atoms with Gasteiger partial charge in [-0.2, -0.15) is 5.26 Å². The Morgan fingerprint density at radius 3 is 2.64 bits per heavy atom. The van der Waals surface area contributed by atoms with E-state index >= 15 is 0 Å². The van der Waals surface area contributed by atoms with E-state index in [0.717, 1.165) is 11.8 Å². The Hall–Kier alpha value is -0.730. The summed E-state index contributed by atoms with van der Waals surface area (Å²) in [5.74, 6) is -0.452. The van der Waals surface area contributed by atoms with Crippen LogP contribution in [0.25, 0.3) is 0 Å². The van der Waals surface area contributed by atoms with Gasteiger partial charge in [0.2, 0.25) is 0 Å². The molecule has 0 saturated heterocycles. The molecule has 0 aliphatic rings. The summed E-state index contributed by atoms with van der Waals surface area (Å²) in [5, 5.41) is 9.50. The number of carbonyl (C=O) groups excluding carboxylic acids is 1. The number of nitrogens with two attached hydrogens (primary N) is 1. The predicted molar refractivity (Wildman–Crippen MR) is 42.7 cm³/mol. The Labute approximate surface area is 69.7 Å². The van der Waals surface area contributed by atoms with Crippen molar-refractivity contribution < 1.29 is 9.53 Å². The first kappa shape index (κ1) is 10.3. The average molecular weight is 174 g/mol. The van der Waals surface area contributed by atoms with E-state index in [1.165, 1.54) is 7.11 Å². The van der Waals surface area contributed by atoms with E-state index in [0.29, 0.717) is 0 Å². The second-order valence-electron chi connectivity index (χ2n) is 2.01. The number of carbonyl (C=O) groups is 1. The van der Waals surface area contributed by atoms with Gasteiger partial charge in [-0.1, -0.05) is 0 Å². The zero-order valence-electron chi connectivity index (χ0n) is 6.40. The minimum Gasteiger partial charge on any atom is -0.468 e. The summed E-state index contributed by atoms with van der Waals surface area (Å²) in [4.78, 5) is 10.9. The predicted octanol–water partition coefficient (Wildman–Crippen LogP) is 0.0895. The lowest BCUT2D eigenvalue weighted by atomic mass is 10.2. The van der Waals surface area contributed by atoms with Crippen LogP contribution in [0.5, 0.6) is 0 Å². The highest BCUT2D eigenvalue weighted by atomic mass is 32.2. The van der Waals surface area contributed by atoms with Crippen LogP contribution in [0.1, 0.15) is 6.92 Å². The summed E-state index contributed by atoms with van der Waals surface area (Å²) in [6.07, 6.45) is 0. The topological polar surface area (TPSA) is 76.1 Å². The molecule has 0 aromatic rings. The molecule has 5 heteroatoms. The third-order valence-corrected chi connectivity index (χ3v) is 2.07. The SMILES string of the molecule is COC(=O)C(SC#N)C(C)N. The van der Waals surface area contributed by atoms with Crippen molar-refractivity contribution in [3.8, 4) is 5.40 Å². The highest BCUT2D eigenvalue weighted by Gasteiger charge is 2.23. The van der Waals surface area contributed by atoms with Crippen molar-refractivity contribution in [1.82, 2.24) is 0 Å². The van der Waals surface area contributed by atoms with Crippen LogP contribution in [0.15, 0.2) is 0 Å². The van der Waals surface area contributed by atoms with Crippen LogP contribution in [0.2, 0.25) is 0 Å². The number of rotatable bonds is 3. The maximum absolute atomic E-state index is 10.9. The van der Waals surface area contributed by atoms with Crippen molar-refractivity contribution in [3.05, 3.63) is 0 Å². The van der Waals surface area contributed by atoms with Gasteiger partial charge in [0.25, 0.3) is 0 Å². The van der Waals surface area contributed by atoms with Gasteiger partial charge in [-0.15, -0.1) is 0 Å². The number of thiocyanates is 1. The fraction of sp³-hybridized carbons (Fsp3) is 0.667. The van der Waals surface area contributed by atoms with Gasteiger partial charge in [0.15, 0.2) is 0 Å². The van der Waals surface area contributed by atoms with Gasteiger partial charge in [-0.05, 0) is 18.7 Å². The molecule has 62 valence electrons. The van der Waals surface area contributed by atoms with Crippen molar-refractivity contribution in [3.63, 3.8) is 0 Å². The molecule has 0 aromatic heterocycles. The first-order valence-corrected chi connectivity index (χ1v) is 3.89. The normalized spacial score (nSPS) is 14.7. The van der Waals surface area contributed by atoms with E-state index in [9.17, 15) is 4.79 Å². The number of esters is 1. The monoisotopic (exact) mass is 174 g/mol. The Morgan fingerprint density at radius 1 is 1.82 bits per heavy atom. The number of thioether (sulfide) groups is 1. The minimum absolute atomic E-state index is 0.368. The summed E-state index contributed by atoms with van der Waals surface area (Å²) in [6, 6.07) is -0.368. The maximum Gasteiger partial charge on any atom is 0.321 e. The molecule has 0 aliphatic heterocycles. The van der Waals surface area contributed by atoms with E-state index in [1.807, 2.05) is 0 Å². The molecule has 0 fully saturated rings. The van der Waals surface area contributed by atoms with Crippen molar-refractivity contribution in [2.45, 2.75) is 18.2 Å². The van der Waals surface area contributed by atoms with Crippen LogP contribution in [0.3, 0.4) is 0 Å². The van der Waals surface area contributed by atoms with E-state index in [1.54, 1.807) is 12.3 Å². The molecule has 0 aromatic carbocycles. The molecule has 0 heterocycles. The quantitative estimate of drug-likeness (QED) is 0.484. The molecule has 11 heavy (non-hydrogen) atoms. The molecule has 0 amide bonds. The van der Waals surface area contributed by atoms with E-state index in [4.69, 9.17) is 11.0 Å². The lowest BCUT2D eigenvalue weighted by Gasteiger charge is -2.12. The van der Waals surface area contributed by atoms with E-state index in [2.05, 4.69) is 4.74 Å². The van der Waals surface area contributed by atoms with Gasteiger partial charge in [0, 0.05) is 6.04 Å². The van der Waals surface area contributed by atoms with Crippen molar-refractivity contribution in [2.75, 3.05) is 7.11 Å². The summed E-state index contributed by atoms with van der Waals surface area (Å²) >= 11 is 0.823. The standard InChI is InChI=1S/C6H10N2O2S/c1-4(8)5(11-3-7)6(9)10-2/h4-5H,8H2,1-2H3. The lowest BCUT2D eigenvalue weighted by molar-refractivity contribution is -0.140. The largest absolute Gasteiger partial charge is 0.468 e. The van der Waals surface area contributed by atoms with Crippen LogP contribution < -0.4 is 5.73 Å². The van der Waals surface area contributed by atoms with Gasteiger partial charge in [0.1, 0.15) is 10.7 Å². The van der Waals surface area contributed by atoms with E-state index < -0.39 is 11.2 Å². The average Bonchev–Trinajstić information content (AvgIpc) is 1.98. The number of hydrogen-bond donors (Lipinski definition) is 1. The highest BCUT2D eigenvalue weighted by molar-refractivity contribution is 8.05. The molecule has 0 saturated carbocycles. The smallest absolute Gasteiger partial charge is 0.321 e. The fourth-order valence-corrected chi connectivity index (χ4v) is 1.06. The number of nitriles is 1. The van der Waals surface area contributed by atoms with Gasteiger partial charge in [-0.3, -0.25) is 4.79 Å². The van der Waals surface area contributed by atoms with Gasteiger partial charge in [-0.25, -0.2) is 0 Å². The number of hydrogen-bond acceptors (Lipinski definition) is 5. The molecule has 0 bridgehead atoms. The highest BCUT2D eigenvalue weighted by Crippen LogP contribution is 2.13. The molecule has 2 N–H and O–H groups in total. The molecular weight excluding hydrogens is 164 g/mol. The molecule has 4 nitrogen and oxygen atoms in total. The minimum atomic E-state index is -0.579. The molecule has 0 rings (SSSR count). The third kappa shape index (κ3) is 3.25. The first-order valence-electron chi connectivity index (χ1n) is 3.01. The summed E-state index contributed by atoms with van der Waals surface area (Å²) < 4.78 is 4.44.